The zero-order chi connectivity index (χ0) is 13.7. The van der Waals surface area contributed by atoms with E-state index in [0.717, 1.165) is 7.11 Å². The molecule has 0 unspecified atom stereocenters. The molecule has 6 heteroatoms. The van der Waals surface area contributed by atoms with E-state index in [1.54, 1.807) is 13.0 Å². The molecule has 0 saturated heterocycles. The van der Waals surface area contributed by atoms with Crippen molar-refractivity contribution < 1.29 is 23.0 Å². The fraction of sp³-hybridized carbons (Fsp3) is 0.333. The van der Waals surface area contributed by atoms with Gasteiger partial charge >= 0.3 is 12.6 Å². The fourth-order valence-corrected chi connectivity index (χ4v) is 1.52. The van der Waals surface area contributed by atoms with Crippen molar-refractivity contribution in [2.75, 3.05) is 7.11 Å². The van der Waals surface area contributed by atoms with Crippen molar-refractivity contribution in [3.8, 4) is 11.8 Å². The Morgan fingerprint density at radius 1 is 1.50 bits per heavy atom. The number of carbonyl (C=O) groups excluding carboxylic acids is 1. The van der Waals surface area contributed by atoms with Crippen molar-refractivity contribution in [2.45, 2.75) is 20.0 Å². The second-order valence-corrected chi connectivity index (χ2v) is 3.31. The molecule has 0 aliphatic heterocycles. The zero-order valence-electron chi connectivity index (χ0n) is 9.87. The quantitative estimate of drug-likeness (QED) is 0.775. The summed E-state index contributed by atoms with van der Waals surface area (Å²) in [5.74, 6) is -1.26. The maximum Gasteiger partial charge on any atom is 0.387 e. The third kappa shape index (κ3) is 2.74. The molecule has 0 atom stereocenters. The van der Waals surface area contributed by atoms with Crippen LogP contribution in [0.5, 0.6) is 5.75 Å². The molecule has 0 spiro atoms. The van der Waals surface area contributed by atoms with E-state index < -0.39 is 18.3 Å². The molecule has 0 aliphatic rings. The summed E-state index contributed by atoms with van der Waals surface area (Å²) in [5, 5.41) is 9.00. The Morgan fingerprint density at radius 3 is 2.61 bits per heavy atom. The van der Waals surface area contributed by atoms with E-state index in [-0.39, 0.29) is 11.1 Å². The van der Waals surface area contributed by atoms with Gasteiger partial charge in [0.05, 0.1) is 12.7 Å². The number of methoxy groups -OCH3 is 1. The number of aryl methyl sites for hydroxylation is 1. The lowest BCUT2D eigenvalue weighted by atomic mass is 10.0. The molecule has 0 N–H and O–H groups in total. The number of ether oxygens (including phenoxy) is 2. The first-order valence-electron chi connectivity index (χ1n) is 5.14. The van der Waals surface area contributed by atoms with Gasteiger partial charge in [0.15, 0.2) is 5.75 Å². The Hall–Kier alpha value is -2.16. The van der Waals surface area contributed by atoms with Crippen LogP contribution in [0.1, 0.15) is 28.4 Å². The Labute approximate surface area is 103 Å². The number of rotatable bonds is 4. The van der Waals surface area contributed by atoms with Crippen molar-refractivity contribution in [3.05, 3.63) is 28.8 Å². The second-order valence-electron chi connectivity index (χ2n) is 3.31. The topological polar surface area (TPSA) is 59.3 Å². The van der Waals surface area contributed by atoms with Crippen LogP contribution in [0.3, 0.4) is 0 Å². The molecule has 0 aromatic heterocycles. The summed E-state index contributed by atoms with van der Waals surface area (Å²) in [5.41, 5.74) is 0.271. The third-order valence-electron chi connectivity index (χ3n) is 2.35. The number of halogens is 2. The lowest BCUT2D eigenvalue weighted by Crippen LogP contribution is -2.12. The molecule has 0 amide bonds. The third-order valence-corrected chi connectivity index (χ3v) is 2.35. The lowest BCUT2D eigenvalue weighted by Gasteiger charge is -2.13. The number of carbonyl (C=O) groups is 1. The number of benzene rings is 1. The molecule has 0 bridgehead atoms. The van der Waals surface area contributed by atoms with Gasteiger partial charge in [0.1, 0.15) is 11.6 Å². The SMILES string of the molecule is CCc1ccc(C(=O)OC)c(OC(F)F)c1C#N. The van der Waals surface area contributed by atoms with Gasteiger partial charge in [-0.2, -0.15) is 14.0 Å². The Morgan fingerprint density at radius 2 is 2.17 bits per heavy atom. The van der Waals surface area contributed by atoms with Crippen LogP contribution in [0, 0.1) is 11.3 Å². The molecule has 0 radical (unpaired) electrons. The molecule has 1 aromatic carbocycles. The molecule has 0 fully saturated rings. The first-order chi connectivity index (χ1) is 8.54. The Bertz CT molecular complexity index is 495. The molecule has 1 aromatic rings. The summed E-state index contributed by atoms with van der Waals surface area (Å²) in [4.78, 5) is 11.4. The molecule has 4 nitrogen and oxygen atoms in total. The summed E-state index contributed by atoms with van der Waals surface area (Å²) < 4.78 is 33.4. The van der Waals surface area contributed by atoms with Crippen LogP contribution in [0.15, 0.2) is 12.1 Å². The molecule has 0 saturated carbocycles. The van der Waals surface area contributed by atoms with Crippen LogP contribution >= 0.6 is 0 Å². The van der Waals surface area contributed by atoms with Gasteiger partial charge in [-0.15, -0.1) is 0 Å². The number of hydrogen-bond acceptors (Lipinski definition) is 4. The minimum atomic E-state index is -3.12. The molecule has 0 aliphatic carbocycles. The van der Waals surface area contributed by atoms with Gasteiger partial charge in [0.2, 0.25) is 0 Å². The molecule has 1 rings (SSSR count). The second kappa shape index (κ2) is 5.96. The minimum absolute atomic E-state index is 0.0688. The summed E-state index contributed by atoms with van der Waals surface area (Å²) in [6, 6.07) is 4.60. The molecule has 0 heterocycles. The van der Waals surface area contributed by atoms with Crippen molar-refractivity contribution in [2.24, 2.45) is 0 Å². The molecular formula is C12H11F2NO3. The van der Waals surface area contributed by atoms with E-state index in [9.17, 15) is 13.6 Å². The normalized spacial score (nSPS) is 10.0. The van der Waals surface area contributed by atoms with Gasteiger partial charge < -0.3 is 9.47 Å². The van der Waals surface area contributed by atoms with Crippen LogP contribution in [-0.2, 0) is 11.2 Å². The van der Waals surface area contributed by atoms with Crippen LogP contribution in [-0.4, -0.2) is 19.7 Å². The van der Waals surface area contributed by atoms with E-state index in [4.69, 9.17) is 5.26 Å². The van der Waals surface area contributed by atoms with E-state index in [0.29, 0.717) is 12.0 Å². The molecule has 18 heavy (non-hydrogen) atoms. The first kappa shape index (κ1) is 13.9. The van der Waals surface area contributed by atoms with Crippen LogP contribution < -0.4 is 4.74 Å². The van der Waals surface area contributed by atoms with Gasteiger partial charge in [0.25, 0.3) is 0 Å². The number of hydrogen-bond donors (Lipinski definition) is 0. The number of esters is 1. The largest absolute Gasteiger partial charge is 0.465 e. The van der Waals surface area contributed by atoms with Crippen LogP contribution in [0.25, 0.3) is 0 Å². The minimum Gasteiger partial charge on any atom is -0.465 e. The fourth-order valence-electron chi connectivity index (χ4n) is 1.52. The first-order valence-corrected chi connectivity index (χ1v) is 5.14. The number of alkyl halides is 2. The van der Waals surface area contributed by atoms with Crippen molar-refractivity contribution in [3.63, 3.8) is 0 Å². The highest BCUT2D eigenvalue weighted by atomic mass is 19.3. The predicted molar refractivity (Wildman–Crippen MR) is 58.5 cm³/mol. The van der Waals surface area contributed by atoms with Gasteiger partial charge in [0, 0.05) is 0 Å². The standard InChI is InChI=1S/C12H11F2NO3/c1-3-7-4-5-8(11(16)17-2)10(9(7)6-15)18-12(13)14/h4-5,12H,3H2,1-2H3. The Balaban J connectivity index is 3.44. The van der Waals surface area contributed by atoms with E-state index in [1.165, 1.54) is 12.1 Å². The summed E-state index contributed by atoms with van der Waals surface area (Å²) >= 11 is 0. The predicted octanol–water partition coefficient (Wildman–Crippen LogP) is 2.51. The van der Waals surface area contributed by atoms with Gasteiger partial charge in [-0.25, -0.2) is 4.79 Å². The van der Waals surface area contributed by atoms with Gasteiger partial charge in [-0.3, -0.25) is 0 Å². The summed E-state index contributed by atoms with van der Waals surface area (Å²) in [7, 11) is 1.12. The monoisotopic (exact) mass is 255 g/mol. The van der Waals surface area contributed by atoms with Crippen molar-refractivity contribution >= 4 is 5.97 Å². The van der Waals surface area contributed by atoms with Crippen molar-refractivity contribution in [1.82, 2.24) is 0 Å². The van der Waals surface area contributed by atoms with Gasteiger partial charge in [-0.05, 0) is 18.1 Å². The summed E-state index contributed by atoms with van der Waals surface area (Å²) in [6.07, 6.45) is 0.462. The van der Waals surface area contributed by atoms with Gasteiger partial charge in [-0.1, -0.05) is 13.0 Å². The highest BCUT2D eigenvalue weighted by Gasteiger charge is 2.22. The smallest absolute Gasteiger partial charge is 0.387 e. The maximum absolute atomic E-state index is 12.3. The zero-order valence-corrected chi connectivity index (χ0v) is 9.87. The highest BCUT2D eigenvalue weighted by molar-refractivity contribution is 5.93. The number of nitriles is 1. The van der Waals surface area contributed by atoms with Crippen molar-refractivity contribution in [1.29, 1.82) is 5.26 Å². The maximum atomic E-state index is 12.3. The Kier molecular flexibility index (Phi) is 4.60. The molecular weight excluding hydrogens is 244 g/mol. The van der Waals surface area contributed by atoms with Crippen LogP contribution in [0.4, 0.5) is 8.78 Å². The van der Waals surface area contributed by atoms with Crippen LogP contribution in [0.2, 0.25) is 0 Å². The van der Waals surface area contributed by atoms with E-state index in [1.807, 2.05) is 0 Å². The average molecular weight is 255 g/mol. The summed E-state index contributed by atoms with van der Waals surface area (Å²) in [6.45, 7) is -1.35. The molecule has 96 valence electrons. The van der Waals surface area contributed by atoms with E-state index >= 15 is 0 Å². The number of nitrogens with zero attached hydrogens (tertiary/aromatic N) is 1. The lowest BCUT2D eigenvalue weighted by molar-refractivity contribution is -0.0506. The average Bonchev–Trinajstić information content (AvgIpc) is 2.36. The highest BCUT2D eigenvalue weighted by Crippen LogP contribution is 2.29. The van der Waals surface area contributed by atoms with E-state index in [2.05, 4.69) is 9.47 Å².